The van der Waals surface area contributed by atoms with E-state index < -0.39 is 0 Å². The Morgan fingerprint density at radius 3 is 2.37 bits per heavy atom. The van der Waals surface area contributed by atoms with Crippen LogP contribution in [0.25, 0.3) is 5.57 Å². The molecule has 0 saturated carbocycles. The number of methoxy groups -OCH3 is 1. The van der Waals surface area contributed by atoms with Crippen LogP contribution in [-0.4, -0.2) is 7.11 Å². The van der Waals surface area contributed by atoms with Crippen LogP contribution in [0.5, 0.6) is 5.75 Å². The van der Waals surface area contributed by atoms with Crippen LogP contribution in [-0.2, 0) is 6.42 Å². The summed E-state index contributed by atoms with van der Waals surface area (Å²) in [5.74, 6) is 3.49. The quantitative estimate of drug-likeness (QED) is 0.744. The maximum atomic E-state index is 5.42. The number of terminal acetylenes is 1. The van der Waals surface area contributed by atoms with Gasteiger partial charge in [0.1, 0.15) is 5.75 Å². The van der Waals surface area contributed by atoms with Crippen molar-refractivity contribution >= 4 is 5.57 Å². The zero-order valence-electron chi connectivity index (χ0n) is 11.0. The Kier molecular flexibility index (Phi) is 4.42. The Morgan fingerprint density at radius 2 is 1.79 bits per heavy atom. The summed E-state index contributed by atoms with van der Waals surface area (Å²) in [4.78, 5) is 0. The fourth-order valence-corrected chi connectivity index (χ4v) is 1.95. The first kappa shape index (κ1) is 13.0. The molecule has 0 aliphatic carbocycles. The summed E-state index contributed by atoms with van der Waals surface area (Å²) in [6, 6.07) is 18.3. The molecule has 0 radical (unpaired) electrons. The number of rotatable bonds is 4. The summed E-state index contributed by atoms with van der Waals surface area (Å²) in [6.07, 6.45) is 8.07. The predicted molar refractivity (Wildman–Crippen MR) is 80.0 cm³/mol. The molecular formula is C18H16O. The lowest BCUT2D eigenvalue weighted by Gasteiger charge is -2.08. The molecule has 1 nitrogen and oxygen atoms in total. The van der Waals surface area contributed by atoms with Crippen LogP contribution in [0.15, 0.2) is 60.7 Å². The van der Waals surface area contributed by atoms with Gasteiger partial charge in [-0.05, 0) is 41.3 Å². The zero-order valence-corrected chi connectivity index (χ0v) is 11.0. The Balaban J connectivity index is 2.22. The van der Waals surface area contributed by atoms with Gasteiger partial charge in [-0.2, -0.15) is 0 Å². The molecule has 0 amide bonds. The Bertz CT molecular complexity index is 586. The first-order valence-corrected chi connectivity index (χ1v) is 6.17. The Hall–Kier alpha value is -2.46. The minimum atomic E-state index is 0.818. The average Bonchev–Trinajstić information content (AvgIpc) is 2.48. The highest BCUT2D eigenvalue weighted by molar-refractivity contribution is 5.70. The van der Waals surface area contributed by atoms with Crippen molar-refractivity contribution in [2.75, 3.05) is 7.11 Å². The third kappa shape index (κ3) is 3.50. The van der Waals surface area contributed by atoms with Gasteiger partial charge in [0.05, 0.1) is 7.11 Å². The fraction of sp³-hybridized carbons (Fsp3) is 0.111. The number of hydrogen-bond acceptors (Lipinski definition) is 1. The van der Waals surface area contributed by atoms with Gasteiger partial charge in [0, 0.05) is 0 Å². The lowest BCUT2D eigenvalue weighted by atomic mass is 9.98. The van der Waals surface area contributed by atoms with Crippen molar-refractivity contribution in [2.24, 2.45) is 0 Å². The smallest absolute Gasteiger partial charge is 0.118 e. The second kappa shape index (κ2) is 6.47. The second-order valence-electron chi connectivity index (χ2n) is 4.23. The van der Waals surface area contributed by atoms with Crippen LogP contribution in [0.1, 0.15) is 11.1 Å². The SMILES string of the molecule is C#CC=C(Cc1ccc(OC)cc1)c1ccccc1. The van der Waals surface area contributed by atoms with Gasteiger partial charge in [0.2, 0.25) is 0 Å². The normalized spacial score (nSPS) is 10.8. The molecule has 0 fully saturated rings. The molecule has 0 aliphatic rings. The minimum Gasteiger partial charge on any atom is -0.497 e. The van der Waals surface area contributed by atoms with Crippen LogP contribution in [0.3, 0.4) is 0 Å². The molecule has 2 rings (SSSR count). The van der Waals surface area contributed by atoms with Crippen molar-refractivity contribution in [2.45, 2.75) is 6.42 Å². The molecule has 2 aromatic carbocycles. The van der Waals surface area contributed by atoms with Crippen LogP contribution in [0.2, 0.25) is 0 Å². The predicted octanol–water partition coefficient (Wildman–Crippen LogP) is 3.95. The van der Waals surface area contributed by atoms with Crippen molar-refractivity contribution in [3.8, 4) is 18.1 Å². The third-order valence-corrected chi connectivity index (χ3v) is 2.96. The first-order chi connectivity index (χ1) is 9.33. The fourth-order valence-electron chi connectivity index (χ4n) is 1.95. The molecule has 0 spiro atoms. The lowest BCUT2D eigenvalue weighted by Crippen LogP contribution is -1.91. The summed E-state index contributed by atoms with van der Waals surface area (Å²) < 4.78 is 5.16. The molecule has 0 aliphatic heterocycles. The van der Waals surface area contributed by atoms with E-state index in [0.29, 0.717) is 0 Å². The topological polar surface area (TPSA) is 9.23 Å². The number of ether oxygens (including phenoxy) is 1. The summed E-state index contributed by atoms with van der Waals surface area (Å²) in [5, 5.41) is 0. The van der Waals surface area contributed by atoms with E-state index in [1.807, 2.05) is 36.4 Å². The second-order valence-corrected chi connectivity index (χ2v) is 4.23. The monoisotopic (exact) mass is 248 g/mol. The molecule has 0 aromatic heterocycles. The van der Waals surface area contributed by atoms with Crippen LogP contribution in [0, 0.1) is 12.3 Å². The minimum absolute atomic E-state index is 0.818. The van der Waals surface area contributed by atoms with Gasteiger partial charge in [-0.15, -0.1) is 6.42 Å². The molecular weight excluding hydrogens is 232 g/mol. The van der Waals surface area contributed by atoms with E-state index in [2.05, 4.69) is 30.2 Å². The first-order valence-electron chi connectivity index (χ1n) is 6.17. The molecule has 94 valence electrons. The summed E-state index contributed by atoms with van der Waals surface area (Å²) in [5.41, 5.74) is 3.52. The van der Waals surface area contributed by atoms with Crippen molar-refractivity contribution in [1.82, 2.24) is 0 Å². The maximum absolute atomic E-state index is 5.42. The zero-order chi connectivity index (χ0) is 13.5. The lowest BCUT2D eigenvalue weighted by molar-refractivity contribution is 0.414. The van der Waals surface area contributed by atoms with Gasteiger partial charge >= 0.3 is 0 Å². The van der Waals surface area contributed by atoms with Gasteiger partial charge < -0.3 is 4.74 Å². The van der Waals surface area contributed by atoms with E-state index in [0.717, 1.165) is 23.3 Å². The molecule has 0 N–H and O–H groups in total. The van der Waals surface area contributed by atoms with Gasteiger partial charge in [0.25, 0.3) is 0 Å². The van der Waals surface area contributed by atoms with Gasteiger partial charge in [-0.1, -0.05) is 48.4 Å². The standard InChI is InChI=1S/C18H16O/c1-3-7-17(16-8-5-4-6-9-16)14-15-10-12-18(19-2)13-11-15/h1,4-13H,14H2,2H3. The van der Waals surface area contributed by atoms with E-state index >= 15 is 0 Å². The Labute approximate surface area is 114 Å². The van der Waals surface area contributed by atoms with Crippen LogP contribution in [0.4, 0.5) is 0 Å². The van der Waals surface area contributed by atoms with Gasteiger partial charge in [-0.3, -0.25) is 0 Å². The molecule has 0 unspecified atom stereocenters. The van der Waals surface area contributed by atoms with Gasteiger partial charge in [0.15, 0.2) is 0 Å². The molecule has 0 heterocycles. The largest absolute Gasteiger partial charge is 0.497 e. The molecule has 1 heteroatoms. The van der Waals surface area contributed by atoms with Crippen LogP contribution >= 0.6 is 0 Å². The van der Waals surface area contributed by atoms with E-state index in [9.17, 15) is 0 Å². The van der Waals surface area contributed by atoms with E-state index in [1.54, 1.807) is 7.11 Å². The highest BCUT2D eigenvalue weighted by Gasteiger charge is 2.02. The van der Waals surface area contributed by atoms with Gasteiger partial charge in [-0.25, -0.2) is 0 Å². The van der Waals surface area contributed by atoms with Crippen molar-refractivity contribution in [3.05, 3.63) is 71.8 Å². The van der Waals surface area contributed by atoms with E-state index in [-0.39, 0.29) is 0 Å². The third-order valence-electron chi connectivity index (χ3n) is 2.96. The molecule has 19 heavy (non-hydrogen) atoms. The molecule has 0 atom stereocenters. The average molecular weight is 248 g/mol. The van der Waals surface area contributed by atoms with Crippen molar-refractivity contribution in [3.63, 3.8) is 0 Å². The molecule has 2 aromatic rings. The number of benzene rings is 2. The summed E-state index contributed by atoms with van der Waals surface area (Å²) >= 11 is 0. The molecule has 0 bridgehead atoms. The van der Waals surface area contributed by atoms with E-state index in [1.165, 1.54) is 5.56 Å². The molecule has 0 saturated heterocycles. The van der Waals surface area contributed by atoms with Crippen LogP contribution < -0.4 is 4.74 Å². The highest BCUT2D eigenvalue weighted by atomic mass is 16.5. The van der Waals surface area contributed by atoms with Crippen molar-refractivity contribution < 1.29 is 4.74 Å². The van der Waals surface area contributed by atoms with Crippen molar-refractivity contribution in [1.29, 1.82) is 0 Å². The highest BCUT2D eigenvalue weighted by Crippen LogP contribution is 2.21. The maximum Gasteiger partial charge on any atom is 0.118 e. The van der Waals surface area contributed by atoms with E-state index in [4.69, 9.17) is 11.2 Å². The number of hydrogen-bond donors (Lipinski definition) is 0. The summed E-state index contributed by atoms with van der Waals surface area (Å²) in [6.45, 7) is 0. The Morgan fingerprint density at radius 1 is 1.11 bits per heavy atom. The number of allylic oxidation sites excluding steroid dienone is 2. The summed E-state index contributed by atoms with van der Waals surface area (Å²) in [7, 11) is 1.67.